The Balaban J connectivity index is 1.76. The van der Waals surface area contributed by atoms with E-state index in [1.807, 2.05) is 16.9 Å². The Morgan fingerprint density at radius 2 is 2.09 bits per heavy atom. The zero-order valence-corrected chi connectivity index (χ0v) is 12.3. The summed E-state index contributed by atoms with van der Waals surface area (Å²) >= 11 is 0. The second kappa shape index (κ2) is 5.23. The van der Waals surface area contributed by atoms with Crippen molar-refractivity contribution in [1.82, 2.24) is 9.78 Å². The van der Waals surface area contributed by atoms with Crippen LogP contribution in [-0.4, -0.2) is 15.7 Å². The Morgan fingerprint density at radius 3 is 2.86 bits per heavy atom. The highest BCUT2D eigenvalue weighted by atomic mass is 19.1. The maximum atomic E-state index is 13.5. The summed E-state index contributed by atoms with van der Waals surface area (Å²) in [4.78, 5) is 12.1. The molecule has 4 rings (SSSR count). The van der Waals surface area contributed by atoms with Crippen LogP contribution in [0.25, 0.3) is 0 Å². The third-order valence-electron chi connectivity index (χ3n) is 4.77. The Labute approximate surface area is 128 Å². The fraction of sp³-hybridized carbons (Fsp3) is 0.412. The highest BCUT2D eigenvalue weighted by molar-refractivity contribution is 5.94. The van der Waals surface area contributed by atoms with Crippen LogP contribution in [0.5, 0.6) is 0 Å². The van der Waals surface area contributed by atoms with Crippen LogP contribution in [0.4, 0.5) is 10.2 Å². The van der Waals surface area contributed by atoms with Gasteiger partial charge in [-0.2, -0.15) is 5.10 Å². The van der Waals surface area contributed by atoms with Gasteiger partial charge in [0.15, 0.2) is 0 Å². The molecule has 0 radical (unpaired) electrons. The van der Waals surface area contributed by atoms with Crippen LogP contribution in [0.3, 0.4) is 0 Å². The lowest BCUT2D eigenvalue weighted by atomic mass is 9.87. The molecule has 4 nitrogen and oxygen atoms in total. The summed E-state index contributed by atoms with van der Waals surface area (Å²) in [6.07, 6.45) is 6.81. The molecule has 1 atom stereocenters. The predicted octanol–water partition coefficient (Wildman–Crippen LogP) is 3.61. The van der Waals surface area contributed by atoms with E-state index >= 15 is 0 Å². The zero-order chi connectivity index (χ0) is 15.1. The first-order chi connectivity index (χ1) is 10.7. The molecular formula is C17H18FN3O. The topological polar surface area (TPSA) is 46.9 Å². The molecule has 114 valence electrons. The summed E-state index contributed by atoms with van der Waals surface area (Å²) in [6, 6.07) is 6.88. The van der Waals surface area contributed by atoms with E-state index in [4.69, 9.17) is 0 Å². The number of benzene rings is 1. The Kier molecular flexibility index (Phi) is 3.21. The lowest BCUT2D eigenvalue weighted by molar-refractivity contribution is -0.116. The first-order valence-corrected chi connectivity index (χ1v) is 7.85. The molecule has 2 heterocycles. The number of rotatable bonds is 2. The van der Waals surface area contributed by atoms with E-state index in [9.17, 15) is 9.18 Å². The van der Waals surface area contributed by atoms with Gasteiger partial charge in [-0.1, -0.05) is 25.0 Å². The number of aromatic nitrogens is 2. The predicted molar refractivity (Wildman–Crippen MR) is 81.2 cm³/mol. The third-order valence-corrected chi connectivity index (χ3v) is 4.77. The summed E-state index contributed by atoms with van der Waals surface area (Å²) in [5.41, 5.74) is 1.83. The van der Waals surface area contributed by atoms with Gasteiger partial charge >= 0.3 is 0 Å². The van der Waals surface area contributed by atoms with E-state index in [0.29, 0.717) is 12.5 Å². The molecule has 5 heteroatoms. The summed E-state index contributed by atoms with van der Waals surface area (Å²) in [7, 11) is 0. The van der Waals surface area contributed by atoms with Gasteiger partial charge in [-0.25, -0.2) is 9.07 Å². The van der Waals surface area contributed by atoms with Gasteiger partial charge in [-0.15, -0.1) is 0 Å². The van der Waals surface area contributed by atoms with Crippen LogP contribution in [-0.2, 0) is 4.79 Å². The molecule has 1 amide bonds. The third kappa shape index (κ3) is 2.21. The van der Waals surface area contributed by atoms with Gasteiger partial charge in [-0.3, -0.25) is 4.79 Å². The quantitative estimate of drug-likeness (QED) is 0.920. The van der Waals surface area contributed by atoms with Gasteiger partial charge in [0.25, 0.3) is 0 Å². The van der Waals surface area contributed by atoms with Crippen molar-refractivity contribution in [1.29, 1.82) is 0 Å². The van der Waals surface area contributed by atoms with E-state index < -0.39 is 0 Å². The maximum absolute atomic E-state index is 13.5. The van der Waals surface area contributed by atoms with Gasteiger partial charge in [0.05, 0.1) is 12.2 Å². The molecule has 1 aromatic carbocycles. The van der Waals surface area contributed by atoms with Crippen LogP contribution in [0, 0.1) is 5.82 Å². The summed E-state index contributed by atoms with van der Waals surface area (Å²) in [5, 5.41) is 7.49. The van der Waals surface area contributed by atoms with E-state index in [1.165, 1.54) is 25.0 Å². The standard InChI is InChI=1S/C17H18FN3O/c18-12-5-3-4-11(8-12)14-9-16(22)20-17-15(14)10-19-21(17)13-6-1-2-7-13/h3-5,8,10,13-14H,1-2,6-7,9H2,(H,20,22)/t14-/m1/s1. The summed E-state index contributed by atoms with van der Waals surface area (Å²) in [5.74, 6) is 0.390. The average molecular weight is 299 g/mol. The monoisotopic (exact) mass is 299 g/mol. The fourth-order valence-electron chi connectivity index (χ4n) is 3.68. The zero-order valence-electron chi connectivity index (χ0n) is 12.3. The normalized spacial score (nSPS) is 21.7. The van der Waals surface area contributed by atoms with E-state index in [2.05, 4.69) is 10.4 Å². The molecule has 0 bridgehead atoms. The van der Waals surface area contributed by atoms with E-state index in [0.717, 1.165) is 29.8 Å². The number of carbonyl (C=O) groups is 1. The number of carbonyl (C=O) groups excluding carboxylic acids is 1. The molecule has 1 fully saturated rings. The van der Waals surface area contributed by atoms with Crippen molar-refractivity contribution in [3.63, 3.8) is 0 Å². The van der Waals surface area contributed by atoms with Crippen LogP contribution in [0.15, 0.2) is 30.5 Å². The Morgan fingerprint density at radius 1 is 1.27 bits per heavy atom. The molecule has 1 aromatic heterocycles. The van der Waals surface area contributed by atoms with Crippen LogP contribution in [0.1, 0.15) is 55.2 Å². The van der Waals surface area contributed by atoms with Crippen molar-refractivity contribution in [3.05, 3.63) is 47.4 Å². The highest BCUT2D eigenvalue weighted by Gasteiger charge is 2.32. The number of amides is 1. The van der Waals surface area contributed by atoms with E-state index in [-0.39, 0.29) is 17.6 Å². The lowest BCUT2D eigenvalue weighted by Crippen LogP contribution is -2.25. The van der Waals surface area contributed by atoms with Crippen LogP contribution >= 0.6 is 0 Å². The van der Waals surface area contributed by atoms with Crippen molar-refractivity contribution in [2.24, 2.45) is 0 Å². The minimum atomic E-state index is -0.270. The van der Waals surface area contributed by atoms with Gasteiger partial charge in [0.2, 0.25) is 5.91 Å². The summed E-state index contributed by atoms with van der Waals surface area (Å²) < 4.78 is 15.5. The molecule has 1 aliphatic carbocycles. The second-order valence-corrected chi connectivity index (χ2v) is 6.19. The molecular weight excluding hydrogens is 281 g/mol. The maximum Gasteiger partial charge on any atom is 0.226 e. The van der Waals surface area contributed by atoms with Crippen molar-refractivity contribution in [3.8, 4) is 0 Å². The fourth-order valence-corrected chi connectivity index (χ4v) is 3.68. The lowest BCUT2D eigenvalue weighted by Gasteiger charge is -2.25. The number of hydrogen-bond donors (Lipinski definition) is 1. The number of halogens is 1. The number of anilines is 1. The smallest absolute Gasteiger partial charge is 0.226 e. The number of nitrogens with one attached hydrogen (secondary N) is 1. The van der Waals surface area contributed by atoms with Gasteiger partial charge < -0.3 is 5.32 Å². The molecule has 1 N–H and O–H groups in total. The van der Waals surface area contributed by atoms with Crippen molar-refractivity contribution in [2.75, 3.05) is 5.32 Å². The van der Waals surface area contributed by atoms with Crippen molar-refractivity contribution < 1.29 is 9.18 Å². The van der Waals surface area contributed by atoms with Gasteiger partial charge in [0.1, 0.15) is 11.6 Å². The van der Waals surface area contributed by atoms with Crippen molar-refractivity contribution in [2.45, 2.75) is 44.1 Å². The highest BCUT2D eigenvalue weighted by Crippen LogP contribution is 2.40. The number of hydrogen-bond acceptors (Lipinski definition) is 2. The second-order valence-electron chi connectivity index (χ2n) is 6.19. The van der Waals surface area contributed by atoms with E-state index in [1.54, 1.807) is 6.07 Å². The molecule has 22 heavy (non-hydrogen) atoms. The van der Waals surface area contributed by atoms with Crippen molar-refractivity contribution >= 4 is 11.7 Å². The molecule has 1 saturated carbocycles. The molecule has 1 aliphatic heterocycles. The molecule has 2 aliphatic rings. The molecule has 2 aromatic rings. The minimum absolute atomic E-state index is 0.0264. The Bertz CT molecular complexity index is 718. The molecule has 0 spiro atoms. The molecule has 0 unspecified atom stereocenters. The molecule has 0 saturated heterocycles. The summed E-state index contributed by atoms with van der Waals surface area (Å²) in [6.45, 7) is 0. The van der Waals surface area contributed by atoms with Gasteiger partial charge in [-0.05, 0) is 30.5 Å². The Hall–Kier alpha value is -2.17. The SMILES string of the molecule is O=C1C[C@H](c2cccc(F)c2)c2cnn(C3CCCC3)c2N1. The number of nitrogens with zero attached hydrogens (tertiary/aromatic N) is 2. The largest absolute Gasteiger partial charge is 0.311 e. The number of fused-ring (bicyclic) bond motifs is 1. The average Bonchev–Trinajstić information content (AvgIpc) is 3.14. The minimum Gasteiger partial charge on any atom is -0.311 e. The first-order valence-electron chi connectivity index (χ1n) is 7.85. The van der Waals surface area contributed by atoms with Gasteiger partial charge in [0, 0.05) is 17.9 Å². The van der Waals surface area contributed by atoms with Crippen LogP contribution < -0.4 is 5.32 Å². The van der Waals surface area contributed by atoms with Crippen LogP contribution in [0.2, 0.25) is 0 Å². The first kappa shape index (κ1) is 13.5.